The Morgan fingerprint density at radius 1 is 1.53 bits per heavy atom. The van der Waals surface area contributed by atoms with Crippen molar-refractivity contribution in [3.63, 3.8) is 0 Å². The molecule has 2 rings (SSSR count). The normalized spacial score (nSPS) is 20.4. The molecule has 1 aliphatic rings. The number of hydrogen-bond acceptors (Lipinski definition) is 2. The van der Waals surface area contributed by atoms with Crippen LogP contribution in [-0.2, 0) is 17.9 Å². The molecule has 5 heteroatoms. The van der Waals surface area contributed by atoms with E-state index in [1.165, 1.54) is 0 Å². The van der Waals surface area contributed by atoms with E-state index in [0.717, 1.165) is 29.0 Å². The molecule has 1 saturated heterocycles. The molecule has 0 spiro atoms. The van der Waals surface area contributed by atoms with E-state index in [4.69, 9.17) is 0 Å². The third-order valence-electron chi connectivity index (χ3n) is 3.20. The van der Waals surface area contributed by atoms with Crippen LogP contribution >= 0.6 is 15.9 Å². The van der Waals surface area contributed by atoms with Crippen LogP contribution in [0.3, 0.4) is 0 Å². The van der Waals surface area contributed by atoms with Crippen LogP contribution < -0.4 is 0 Å². The van der Waals surface area contributed by atoms with Crippen LogP contribution in [-0.4, -0.2) is 27.1 Å². The minimum absolute atomic E-state index is 0.255. The molecule has 2 heterocycles. The van der Waals surface area contributed by atoms with Gasteiger partial charge < -0.3 is 4.90 Å². The summed E-state index contributed by atoms with van der Waals surface area (Å²) in [6.07, 6.45) is 0.677. The zero-order valence-electron chi connectivity index (χ0n) is 10.5. The first kappa shape index (κ1) is 12.6. The fourth-order valence-corrected chi connectivity index (χ4v) is 2.73. The van der Waals surface area contributed by atoms with Gasteiger partial charge in [0.15, 0.2) is 0 Å². The summed E-state index contributed by atoms with van der Waals surface area (Å²) in [6.45, 7) is 8.53. The Kier molecular flexibility index (Phi) is 3.56. The van der Waals surface area contributed by atoms with E-state index >= 15 is 0 Å². The van der Waals surface area contributed by atoms with Crippen LogP contribution in [0.15, 0.2) is 4.47 Å². The average Bonchev–Trinajstić information content (AvgIpc) is 2.73. The number of carbonyl (C=O) groups is 1. The van der Waals surface area contributed by atoms with Crippen molar-refractivity contribution in [1.29, 1.82) is 0 Å². The molecule has 0 N–H and O–H groups in total. The van der Waals surface area contributed by atoms with Crippen molar-refractivity contribution in [3.05, 3.63) is 15.9 Å². The third kappa shape index (κ3) is 2.39. The van der Waals surface area contributed by atoms with Crippen molar-refractivity contribution >= 4 is 21.8 Å². The maximum Gasteiger partial charge on any atom is 0.223 e. The molecule has 94 valence electrons. The zero-order chi connectivity index (χ0) is 12.6. The van der Waals surface area contributed by atoms with E-state index in [1.807, 2.05) is 16.5 Å². The van der Waals surface area contributed by atoms with Gasteiger partial charge in [-0.15, -0.1) is 0 Å². The smallest absolute Gasteiger partial charge is 0.223 e. The van der Waals surface area contributed by atoms with Crippen LogP contribution in [0.1, 0.15) is 31.7 Å². The molecular formula is C12H18BrN3O. The highest BCUT2D eigenvalue weighted by Gasteiger charge is 2.28. The highest BCUT2D eigenvalue weighted by molar-refractivity contribution is 9.10. The molecule has 1 aliphatic heterocycles. The molecule has 0 saturated carbocycles. The summed E-state index contributed by atoms with van der Waals surface area (Å²) in [4.78, 5) is 13.7. The molecule has 1 fully saturated rings. The summed E-state index contributed by atoms with van der Waals surface area (Å²) in [7, 11) is 0. The summed E-state index contributed by atoms with van der Waals surface area (Å²) >= 11 is 3.56. The fourth-order valence-electron chi connectivity index (χ4n) is 2.32. The van der Waals surface area contributed by atoms with Crippen LogP contribution in [0.2, 0.25) is 0 Å². The maximum absolute atomic E-state index is 11.8. The largest absolute Gasteiger partial charge is 0.336 e. The summed E-state index contributed by atoms with van der Waals surface area (Å²) in [5, 5.41) is 4.45. The molecule has 17 heavy (non-hydrogen) atoms. The third-order valence-corrected chi connectivity index (χ3v) is 4.23. The monoisotopic (exact) mass is 299 g/mol. The lowest BCUT2D eigenvalue weighted by atomic mass is 10.2. The summed E-state index contributed by atoms with van der Waals surface area (Å²) in [5.74, 6) is 0.728. The summed E-state index contributed by atoms with van der Waals surface area (Å²) in [6, 6.07) is 0. The first-order valence-corrected chi connectivity index (χ1v) is 6.81. The highest BCUT2D eigenvalue weighted by Crippen LogP contribution is 2.25. The number of halogens is 1. The van der Waals surface area contributed by atoms with Crippen molar-refractivity contribution in [1.82, 2.24) is 14.7 Å². The van der Waals surface area contributed by atoms with Gasteiger partial charge in [-0.2, -0.15) is 5.10 Å². The topological polar surface area (TPSA) is 38.1 Å². The van der Waals surface area contributed by atoms with E-state index in [9.17, 15) is 4.79 Å². The molecule has 1 amide bonds. The molecule has 0 aromatic carbocycles. The Balaban J connectivity index is 2.21. The molecular weight excluding hydrogens is 282 g/mol. The van der Waals surface area contributed by atoms with Crippen molar-refractivity contribution in [2.45, 2.75) is 40.3 Å². The molecule has 0 radical (unpaired) electrons. The quantitative estimate of drug-likeness (QED) is 0.859. The zero-order valence-corrected chi connectivity index (χ0v) is 12.1. The molecule has 4 nitrogen and oxygen atoms in total. The van der Waals surface area contributed by atoms with E-state index in [1.54, 1.807) is 0 Å². The van der Waals surface area contributed by atoms with Gasteiger partial charge in [-0.1, -0.05) is 6.92 Å². The van der Waals surface area contributed by atoms with Gasteiger partial charge >= 0.3 is 0 Å². The minimum atomic E-state index is 0.255. The van der Waals surface area contributed by atoms with Gasteiger partial charge in [0, 0.05) is 19.5 Å². The molecule has 1 aromatic heterocycles. The van der Waals surface area contributed by atoms with Gasteiger partial charge in [0.25, 0.3) is 0 Å². The lowest BCUT2D eigenvalue weighted by Gasteiger charge is -2.17. The number of aryl methyl sites for hydroxylation is 2. The van der Waals surface area contributed by atoms with Gasteiger partial charge in [-0.25, -0.2) is 0 Å². The molecule has 1 aromatic rings. The summed E-state index contributed by atoms with van der Waals surface area (Å²) in [5.41, 5.74) is 2.09. The van der Waals surface area contributed by atoms with Crippen molar-refractivity contribution in [2.75, 3.05) is 6.54 Å². The van der Waals surface area contributed by atoms with E-state index in [2.05, 4.69) is 34.9 Å². The van der Waals surface area contributed by atoms with E-state index in [0.29, 0.717) is 18.9 Å². The Hall–Kier alpha value is -0.840. The van der Waals surface area contributed by atoms with Crippen LogP contribution in [0.4, 0.5) is 0 Å². The van der Waals surface area contributed by atoms with Gasteiger partial charge in [0.1, 0.15) is 0 Å². The Morgan fingerprint density at radius 2 is 2.24 bits per heavy atom. The number of rotatable bonds is 3. The molecule has 0 bridgehead atoms. The second kappa shape index (κ2) is 4.80. The van der Waals surface area contributed by atoms with Gasteiger partial charge in [0.2, 0.25) is 5.91 Å². The standard InChI is InChI=1S/C12H18BrN3O/c1-4-16-10(12(13)9(3)14-16)7-15-6-8(2)5-11(15)17/h8H,4-7H2,1-3H3. The van der Waals surface area contributed by atoms with Crippen LogP contribution in [0.25, 0.3) is 0 Å². The highest BCUT2D eigenvalue weighted by atomic mass is 79.9. The second-order valence-electron chi connectivity index (χ2n) is 4.75. The van der Waals surface area contributed by atoms with Gasteiger partial charge in [-0.05, 0) is 35.7 Å². The van der Waals surface area contributed by atoms with E-state index < -0.39 is 0 Å². The second-order valence-corrected chi connectivity index (χ2v) is 5.54. The lowest BCUT2D eigenvalue weighted by Crippen LogP contribution is -2.26. The Bertz CT molecular complexity index is 441. The number of carbonyl (C=O) groups excluding carboxylic acids is 1. The van der Waals surface area contributed by atoms with E-state index in [-0.39, 0.29) is 5.91 Å². The van der Waals surface area contributed by atoms with Crippen molar-refractivity contribution in [3.8, 4) is 0 Å². The van der Waals surface area contributed by atoms with Gasteiger partial charge in [0.05, 0.1) is 22.4 Å². The Labute approximate surface area is 110 Å². The number of nitrogens with zero attached hydrogens (tertiary/aromatic N) is 3. The SMILES string of the molecule is CCn1nc(C)c(Br)c1CN1CC(C)CC1=O. The van der Waals surface area contributed by atoms with Crippen molar-refractivity contribution < 1.29 is 4.79 Å². The minimum Gasteiger partial charge on any atom is -0.336 e. The predicted molar refractivity (Wildman–Crippen MR) is 69.5 cm³/mol. The number of aromatic nitrogens is 2. The Morgan fingerprint density at radius 3 is 2.76 bits per heavy atom. The first-order valence-electron chi connectivity index (χ1n) is 6.02. The fraction of sp³-hybridized carbons (Fsp3) is 0.667. The number of hydrogen-bond donors (Lipinski definition) is 0. The predicted octanol–water partition coefficient (Wildman–Crippen LogP) is 2.34. The molecule has 1 unspecified atom stereocenters. The van der Waals surface area contributed by atoms with Crippen LogP contribution in [0.5, 0.6) is 0 Å². The molecule has 1 atom stereocenters. The van der Waals surface area contributed by atoms with Gasteiger partial charge in [-0.3, -0.25) is 9.48 Å². The van der Waals surface area contributed by atoms with Crippen molar-refractivity contribution in [2.24, 2.45) is 5.92 Å². The number of likely N-dealkylation sites (tertiary alicyclic amines) is 1. The first-order chi connectivity index (χ1) is 8.02. The van der Waals surface area contributed by atoms with Crippen LogP contribution in [0, 0.1) is 12.8 Å². The summed E-state index contributed by atoms with van der Waals surface area (Å²) < 4.78 is 3.00. The average molecular weight is 300 g/mol. The maximum atomic E-state index is 11.8. The number of amides is 1. The molecule has 0 aliphatic carbocycles. The lowest BCUT2D eigenvalue weighted by molar-refractivity contribution is -0.128.